The standard InChI is InChI=1S/C21H23N5O/c1-16(18-6-4-3-5-7-18)23-20-9-8-19(24-25-20)21(27)26(2)15-12-17-10-13-22-14-11-17/h3-11,13-14,16H,12,15H2,1-2H3,(H,23,25). The van der Waals surface area contributed by atoms with Crippen molar-refractivity contribution in [3.8, 4) is 0 Å². The molecule has 0 aliphatic heterocycles. The Kier molecular flexibility index (Phi) is 6.10. The summed E-state index contributed by atoms with van der Waals surface area (Å²) in [5, 5.41) is 11.5. The van der Waals surface area contributed by atoms with Crippen LogP contribution in [0.1, 0.15) is 34.6 Å². The number of likely N-dealkylation sites (N-methyl/N-ethyl adjacent to an activating group) is 1. The average molecular weight is 361 g/mol. The molecular formula is C21H23N5O. The summed E-state index contributed by atoms with van der Waals surface area (Å²) >= 11 is 0. The lowest BCUT2D eigenvalue weighted by atomic mass is 10.1. The fraction of sp³-hybridized carbons (Fsp3) is 0.238. The van der Waals surface area contributed by atoms with Crippen molar-refractivity contribution in [2.75, 3.05) is 18.9 Å². The molecule has 27 heavy (non-hydrogen) atoms. The van der Waals surface area contributed by atoms with Crippen LogP contribution in [-0.2, 0) is 6.42 Å². The zero-order valence-electron chi connectivity index (χ0n) is 15.5. The second-order valence-corrected chi connectivity index (χ2v) is 6.41. The number of pyridine rings is 1. The van der Waals surface area contributed by atoms with E-state index in [1.807, 2.05) is 30.3 Å². The van der Waals surface area contributed by atoms with E-state index in [0.717, 1.165) is 17.5 Å². The normalized spacial score (nSPS) is 11.6. The lowest BCUT2D eigenvalue weighted by Crippen LogP contribution is -2.29. The van der Waals surface area contributed by atoms with E-state index in [9.17, 15) is 4.79 Å². The Hall–Kier alpha value is -3.28. The molecule has 0 aliphatic rings. The van der Waals surface area contributed by atoms with Crippen LogP contribution in [0.25, 0.3) is 0 Å². The molecule has 0 saturated heterocycles. The molecule has 1 atom stereocenters. The highest BCUT2D eigenvalue weighted by Crippen LogP contribution is 2.17. The zero-order chi connectivity index (χ0) is 19.1. The van der Waals surface area contributed by atoms with E-state index in [0.29, 0.717) is 18.1 Å². The molecule has 0 spiro atoms. The van der Waals surface area contributed by atoms with Crippen molar-refractivity contribution >= 4 is 11.7 Å². The summed E-state index contributed by atoms with van der Waals surface area (Å²) in [5.74, 6) is 0.501. The van der Waals surface area contributed by atoms with Gasteiger partial charge in [-0.05, 0) is 48.7 Å². The number of aromatic nitrogens is 3. The number of amides is 1. The topological polar surface area (TPSA) is 71.0 Å². The minimum absolute atomic E-state index is 0.102. The van der Waals surface area contributed by atoms with Crippen molar-refractivity contribution in [2.45, 2.75) is 19.4 Å². The molecule has 3 aromatic rings. The SMILES string of the molecule is CC(Nc1ccc(C(=O)N(C)CCc2ccncc2)nn1)c1ccccc1. The lowest BCUT2D eigenvalue weighted by Gasteiger charge is -2.17. The number of carbonyl (C=O) groups excluding carboxylic acids is 1. The van der Waals surface area contributed by atoms with Crippen molar-refractivity contribution in [1.82, 2.24) is 20.1 Å². The summed E-state index contributed by atoms with van der Waals surface area (Å²) in [6, 6.07) is 17.6. The Morgan fingerprint density at radius 3 is 2.44 bits per heavy atom. The fourth-order valence-corrected chi connectivity index (χ4v) is 2.71. The van der Waals surface area contributed by atoms with Gasteiger partial charge in [-0.15, -0.1) is 10.2 Å². The molecule has 0 bridgehead atoms. The van der Waals surface area contributed by atoms with Crippen molar-refractivity contribution in [2.24, 2.45) is 0 Å². The molecule has 0 aliphatic carbocycles. The van der Waals surface area contributed by atoms with Gasteiger partial charge in [0, 0.05) is 32.0 Å². The number of anilines is 1. The van der Waals surface area contributed by atoms with Crippen LogP contribution in [-0.4, -0.2) is 39.6 Å². The Morgan fingerprint density at radius 2 is 1.78 bits per heavy atom. The Balaban J connectivity index is 1.56. The number of hydrogen-bond acceptors (Lipinski definition) is 5. The molecule has 2 heterocycles. The van der Waals surface area contributed by atoms with Gasteiger partial charge in [-0.2, -0.15) is 0 Å². The maximum absolute atomic E-state index is 12.5. The first-order valence-corrected chi connectivity index (χ1v) is 8.93. The van der Waals surface area contributed by atoms with Gasteiger partial charge in [0.1, 0.15) is 5.82 Å². The first kappa shape index (κ1) is 18.5. The maximum Gasteiger partial charge on any atom is 0.274 e. The minimum Gasteiger partial charge on any atom is -0.362 e. The number of rotatable bonds is 7. The van der Waals surface area contributed by atoms with Crippen LogP contribution in [0, 0.1) is 0 Å². The van der Waals surface area contributed by atoms with Gasteiger partial charge in [0.25, 0.3) is 5.91 Å². The molecule has 6 heteroatoms. The molecule has 2 aromatic heterocycles. The number of carbonyl (C=O) groups is 1. The zero-order valence-corrected chi connectivity index (χ0v) is 15.5. The second kappa shape index (κ2) is 8.89. The molecule has 3 rings (SSSR count). The molecule has 6 nitrogen and oxygen atoms in total. The Bertz CT molecular complexity index is 853. The first-order chi connectivity index (χ1) is 13.1. The van der Waals surface area contributed by atoms with Crippen molar-refractivity contribution < 1.29 is 4.79 Å². The van der Waals surface area contributed by atoms with Crippen LogP contribution < -0.4 is 5.32 Å². The monoisotopic (exact) mass is 361 g/mol. The molecule has 1 amide bonds. The molecule has 138 valence electrons. The van der Waals surface area contributed by atoms with E-state index >= 15 is 0 Å². The molecule has 1 aromatic carbocycles. The third-order valence-electron chi connectivity index (χ3n) is 4.38. The van der Waals surface area contributed by atoms with Gasteiger partial charge < -0.3 is 10.2 Å². The summed E-state index contributed by atoms with van der Waals surface area (Å²) in [7, 11) is 1.77. The third kappa shape index (κ3) is 5.10. The van der Waals surface area contributed by atoms with Gasteiger partial charge in [-0.1, -0.05) is 30.3 Å². The Labute approximate surface area is 159 Å². The number of nitrogens with zero attached hydrogens (tertiary/aromatic N) is 4. The second-order valence-electron chi connectivity index (χ2n) is 6.41. The average Bonchev–Trinajstić information content (AvgIpc) is 2.73. The molecule has 1 unspecified atom stereocenters. The molecule has 0 fully saturated rings. The lowest BCUT2D eigenvalue weighted by molar-refractivity contribution is 0.0789. The highest BCUT2D eigenvalue weighted by Gasteiger charge is 2.14. The van der Waals surface area contributed by atoms with Gasteiger partial charge in [0.2, 0.25) is 0 Å². The van der Waals surface area contributed by atoms with Crippen LogP contribution >= 0.6 is 0 Å². The number of hydrogen-bond donors (Lipinski definition) is 1. The van der Waals surface area contributed by atoms with Crippen LogP contribution in [0.4, 0.5) is 5.82 Å². The van der Waals surface area contributed by atoms with Crippen molar-refractivity contribution in [3.05, 3.63) is 83.8 Å². The van der Waals surface area contributed by atoms with E-state index in [-0.39, 0.29) is 11.9 Å². The van der Waals surface area contributed by atoms with Crippen LogP contribution in [0.2, 0.25) is 0 Å². The van der Waals surface area contributed by atoms with E-state index in [4.69, 9.17) is 0 Å². The third-order valence-corrected chi connectivity index (χ3v) is 4.38. The van der Waals surface area contributed by atoms with E-state index in [2.05, 4.69) is 39.6 Å². The summed E-state index contributed by atoms with van der Waals surface area (Å²) in [6.07, 6.45) is 4.28. The molecule has 0 radical (unpaired) electrons. The first-order valence-electron chi connectivity index (χ1n) is 8.93. The maximum atomic E-state index is 12.5. The van der Waals surface area contributed by atoms with Crippen LogP contribution in [0.3, 0.4) is 0 Å². The van der Waals surface area contributed by atoms with E-state index in [1.165, 1.54) is 0 Å². The number of nitrogens with one attached hydrogen (secondary N) is 1. The fourth-order valence-electron chi connectivity index (χ4n) is 2.71. The van der Waals surface area contributed by atoms with Crippen molar-refractivity contribution in [3.63, 3.8) is 0 Å². The van der Waals surface area contributed by atoms with E-state index in [1.54, 1.807) is 36.5 Å². The highest BCUT2D eigenvalue weighted by molar-refractivity contribution is 5.92. The minimum atomic E-state index is -0.140. The predicted molar refractivity (Wildman–Crippen MR) is 105 cm³/mol. The summed E-state index contributed by atoms with van der Waals surface area (Å²) in [4.78, 5) is 18.2. The summed E-state index contributed by atoms with van der Waals surface area (Å²) in [6.45, 7) is 2.67. The van der Waals surface area contributed by atoms with E-state index < -0.39 is 0 Å². The summed E-state index contributed by atoms with van der Waals surface area (Å²) < 4.78 is 0. The molecule has 1 N–H and O–H groups in total. The number of benzene rings is 1. The predicted octanol–water partition coefficient (Wildman–Crippen LogP) is 3.36. The van der Waals surface area contributed by atoms with Gasteiger partial charge in [0.05, 0.1) is 0 Å². The smallest absolute Gasteiger partial charge is 0.274 e. The molecule has 0 saturated carbocycles. The van der Waals surface area contributed by atoms with Gasteiger partial charge >= 0.3 is 0 Å². The van der Waals surface area contributed by atoms with Crippen LogP contribution in [0.15, 0.2) is 67.0 Å². The van der Waals surface area contributed by atoms with Gasteiger partial charge in [-0.25, -0.2) is 0 Å². The Morgan fingerprint density at radius 1 is 1.04 bits per heavy atom. The van der Waals surface area contributed by atoms with Crippen LogP contribution in [0.5, 0.6) is 0 Å². The largest absolute Gasteiger partial charge is 0.362 e. The molecular weight excluding hydrogens is 338 g/mol. The quantitative estimate of drug-likeness (QED) is 0.699. The van der Waals surface area contributed by atoms with Gasteiger partial charge in [-0.3, -0.25) is 9.78 Å². The van der Waals surface area contributed by atoms with Gasteiger partial charge in [0.15, 0.2) is 5.69 Å². The van der Waals surface area contributed by atoms with Crippen molar-refractivity contribution in [1.29, 1.82) is 0 Å². The highest BCUT2D eigenvalue weighted by atomic mass is 16.2. The summed E-state index contributed by atoms with van der Waals surface area (Å²) in [5.41, 5.74) is 2.64.